The Kier molecular flexibility index (Phi) is 3.41. The lowest BCUT2D eigenvalue weighted by molar-refractivity contribution is 0.704. The van der Waals surface area contributed by atoms with Gasteiger partial charge in [-0.3, -0.25) is 0 Å². The van der Waals surface area contributed by atoms with Crippen molar-refractivity contribution in [1.82, 2.24) is 0 Å². The van der Waals surface area contributed by atoms with Gasteiger partial charge in [-0.2, -0.15) is 0 Å². The first kappa shape index (κ1) is 8.58. The first-order valence-electron chi connectivity index (χ1n) is 4.71. The molecule has 0 spiro atoms. The van der Waals surface area contributed by atoms with Crippen LogP contribution in [-0.2, 0) is 0 Å². The molecular weight excluding hydrogens is 132 g/mol. The summed E-state index contributed by atoms with van der Waals surface area (Å²) in [5, 5.41) is 0. The van der Waals surface area contributed by atoms with Gasteiger partial charge in [-0.25, -0.2) is 0 Å². The van der Waals surface area contributed by atoms with E-state index in [0.29, 0.717) is 0 Å². The number of allylic oxidation sites excluding steroid dienone is 3. The minimum Gasteiger partial charge on any atom is -0.0988 e. The summed E-state index contributed by atoms with van der Waals surface area (Å²) >= 11 is 0. The molecule has 0 saturated carbocycles. The van der Waals surface area contributed by atoms with Crippen LogP contribution in [0.3, 0.4) is 0 Å². The van der Waals surface area contributed by atoms with Gasteiger partial charge in [0.1, 0.15) is 0 Å². The van der Waals surface area contributed by atoms with Gasteiger partial charge >= 0.3 is 0 Å². The smallest absolute Gasteiger partial charge is 0.0280 e. The largest absolute Gasteiger partial charge is 0.0988 e. The fourth-order valence-corrected chi connectivity index (χ4v) is 1.82. The van der Waals surface area contributed by atoms with Crippen LogP contribution in [0.25, 0.3) is 0 Å². The van der Waals surface area contributed by atoms with Crippen molar-refractivity contribution in [3.05, 3.63) is 23.8 Å². The molecule has 0 atom stereocenters. The van der Waals surface area contributed by atoms with Crippen LogP contribution < -0.4 is 0 Å². The zero-order valence-corrected chi connectivity index (χ0v) is 7.53. The molecule has 0 aromatic rings. The molecular formula is C11H18. The predicted octanol–water partition coefficient (Wildman–Crippen LogP) is 3.84. The summed E-state index contributed by atoms with van der Waals surface area (Å²) in [7, 11) is 0. The molecule has 0 aromatic heterocycles. The first-order chi connectivity index (χ1) is 5.38. The van der Waals surface area contributed by atoms with Crippen molar-refractivity contribution in [2.75, 3.05) is 0 Å². The molecule has 1 rings (SSSR count). The summed E-state index contributed by atoms with van der Waals surface area (Å²) in [5.74, 6) is 0. The zero-order valence-electron chi connectivity index (χ0n) is 7.53. The highest BCUT2D eigenvalue weighted by atomic mass is 14.1. The lowest BCUT2D eigenvalue weighted by Gasteiger charge is -2.05. The van der Waals surface area contributed by atoms with E-state index in [1.165, 1.54) is 44.1 Å². The molecule has 0 heterocycles. The third-order valence-corrected chi connectivity index (χ3v) is 2.55. The van der Waals surface area contributed by atoms with Crippen LogP contribution in [-0.4, -0.2) is 0 Å². The van der Waals surface area contributed by atoms with Crippen molar-refractivity contribution in [2.45, 2.75) is 45.4 Å². The van der Waals surface area contributed by atoms with E-state index in [2.05, 4.69) is 19.6 Å². The fourth-order valence-electron chi connectivity index (χ4n) is 1.82. The van der Waals surface area contributed by atoms with Crippen molar-refractivity contribution < 1.29 is 0 Å². The monoisotopic (exact) mass is 150 g/mol. The molecule has 0 amide bonds. The third-order valence-electron chi connectivity index (χ3n) is 2.55. The number of hydrogen-bond donors (Lipinski definition) is 0. The Morgan fingerprint density at radius 2 is 2.00 bits per heavy atom. The van der Waals surface area contributed by atoms with Crippen molar-refractivity contribution in [2.24, 2.45) is 0 Å². The average Bonchev–Trinajstić information content (AvgIpc) is 2.27. The molecule has 0 radical (unpaired) electrons. The minimum absolute atomic E-state index is 1.22. The van der Waals surface area contributed by atoms with Gasteiger partial charge in [0.05, 0.1) is 0 Å². The standard InChI is InChI=1S/C11H18/c1-3-10-8-6-5-7-9-11(10)4-2/h3H,1,4-9H2,2H3. The Morgan fingerprint density at radius 3 is 2.64 bits per heavy atom. The van der Waals surface area contributed by atoms with Gasteiger partial charge in [0.25, 0.3) is 0 Å². The lowest BCUT2D eigenvalue weighted by atomic mass is 10.0. The molecule has 0 aliphatic heterocycles. The molecule has 0 N–H and O–H groups in total. The maximum absolute atomic E-state index is 3.87. The average molecular weight is 150 g/mol. The van der Waals surface area contributed by atoms with Crippen LogP contribution in [0.5, 0.6) is 0 Å². The van der Waals surface area contributed by atoms with Crippen LogP contribution in [0.2, 0.25) is 0 Å². The molecule has 1 aliphatic carbocycles. The Hall–Kier alpha value is -0.520. The second-order valence-electron chi connectivity index (χ2n) is 3.25. The zero-order chi connectivity index (χ0) is 8.10. The van der Waals surface area contributed by atoms with E-state index in [4.69, 9.17) is 0 Å². The minimum atomic E-state index is 1.22. The van der Waals surface area contributed by atoms with Gasteiger partial charge in [-0.15, -0.1) is 0 Å². The van der Waals surface area contributed by atoms with Crippen LogP contribution >= 0.6 is 0 Å². The quantitative estimate of drug-likeness (QED) is 0.561. The molecule has 0 aromatic carbocycles. The summed E-state index contributed by atoms with van der Waals surface area (Å²) in [4.78, 5) is 0. The highest BCUT2D eigenvalue weighted by molar-refractivity contribution is 5.24. The van der Waals surface area contributed by atoms with Gasteiger partial charge in [-0.1, -0.05) is 31.6 Å². The van der Waals surface area contributed by atoms with E-state index in [1.54, 1.807) is 5.57 Å². The second kappa shape index (κ2) is 4.38. The summed E-state index contributed by atoms with van der Waals surface area (Å²) in [6.45, 7) is 6.12. The molecule has 0 heteroatoms. The molecule has 11 heavy (non-hydrogen) atoms. The highest BCUT2D eigenvalue weighted by Crippen LogP contribution is 2.25. The van der Waals surface area contributed by atoms with E-state index in [0.717, 1.165) is 0 Å². The highest BCUT2D eigenvalue weighted by Gasteiger charge is 2.06. The predicted molar refractivity (Wildman–Crippen MR) is 50.6 cm³/mol. The van der Waals surface area contributed by atoms with Gasteiger partial charge in [0, 0.05) is 0 Å². The Balaban J connectivity index is 2.71. The van der Waals surface area contributed by atoms with Gasteiger partial charge in [-0.05, 0) is 37.7 Å². The molecule has 0 fully saturated rings. The van der Waals surface area contributed by atoms with Crippen molar-refractivity contribution in [1.29, 1.82) is 0 Å². The van der Waals surface area contributed by atoms with E-state index < -0.39 is 0 Å². The lowest BCUT2D eigenvalue weighted by Crippen LogP contribution is -1.85. The van der Waals surface area contributed by atoms with Crippen molar-refractivity contribution in [3.8, 4) is 0 Å². The molecule has 0 nitrogen and oxygen atoms in total. The molecule has 0 bridgehead atoms. The summed E-state index contributed by atoms with van der Waals surface area (Å²) < 4.78 is 0. The van der Waals surface area contributed by atoms with E-state index in [-0.39, 0.29) is 0 Å². The topological polar surface area (TPSA) is 0 Å². The van der Waals surface area contributed by atoms with Gasteiger partial charge in [0.15, 0.2) is 0 Å². The summed E-state index contributed by atoms with van der Waals surface area (Å²) in [5.41, 5.74) is 3.18. The summed E-state index contributed by atoms with van der Waals surface area (Å²) in [6, 6.07) is 0. The maximum Gasteiger partial charge on any atom is -0.0280 e. The Morgan fingerprint density at radius 1 is 1.27 bits per heavy atom. The normalized spacial score (nSPS) is 19.7. The van der Waals surface area contributed by atoms with Crippen molar-refractivity contribution >= 4 is 0 Å². The van der Waals surface area contributed by atoms with Crippen LogP contribution in [0.15, 0.2) is 23.8 Å². The first-order valence-corrected chi connectivity index (χ1v) is 4.71. The molecule has 0 saturated heterocycles. The van der Waals surface area contributed by atoms with Crippen LogP contribution in [0, 0.1) is 0 Å². The van der Waals surface area contributed by atoms with E-state index in [1.807, 2.05) is 0 Å². The molecule has 0 unspecified atom stereocenters. The van der Waals surface area contributed by atoms with Gasteiger partial charge in [0.2, 0.25) is 0 Å². The Bertz CT molecular complexity index is 163. The van der Waals surface area contributed by atoms with Crippen LogP contribution in [0.1, 0.15) is 45.4 Å². The van der Waals surface area contributed by atoms with Crippen molar-refractivity contribution in [3.63, 3.8) is 0 Å². The summed E-state index contributed by atoms with van der Waals surface area (Å²) in [6.07, 6.45) is 10.0. The number of rotatable bonds is 2. The van der Waals surface area contributed by atoms with E-state index >= 15 is 0 Å². The van der Waals surface area contributed by atoms with Crippen LogP contribution in [0.4, 0.5) is 0 Å². The molecule has 62 valence electrons. The number of hydrogen-bond acceptors (Lipinski definition) is 0. The Labute approximate surface area is 70.0 Å². The SMILES string of the molecule is C=CC1=C(CC)CCCCC1. The third kappa shape index (κ3) is 2.21. The fraction of sp³-hybridized carbons (Fsp3) is 0.636. The maximum atomic E-state index is 3.87. The van der Waals surface area contributed by atoms with E-state index in [9.17, 15) is 0 Å². The second-order valence-corrected chi connectivity index (χ2v) is 3.25. The molecule has 1 aliphatic rings. The van der Waals surface area contributed by atoms with Gasteiger partial charge < -0.3 is 0 Å².